The third-order valence-corrected chi connectivity index (χ3v) is 4.04. The van der Waals surface area contributed by atoms with E-state index in [1.165, 1.54) is 6.07 Å². The minimum Gasteiger partial charge on any atom is -0.502 e. The van der Waals surface area contributed by atoms with E-state index in [1.807, 2.05) is 0 Å². The lowest BCUT2D eigenvalue weighted by atomic mass is 10.1. The van der Waals surface area contributed by atoms with Gasteiger partial charge in [0.2, 0.25) is 11.6 Å². The Balaban J connectivity index is 2.44. The van der Waals surface area contributed by atoms with Gasteiger partial charge < -0.3 is 14.6 Å². The summed E-state index contributed by atoms with van der Waals surface area (Å²) in [6, 6.07) is 2.48. The van der Waals surface area contributed by atoms with E-state index in [4.69, 9.17) is 4.42 Å². The van der Waals surface area contributed by atoms with E-state index in [0.717, 1.165) is 12.1 Å². The van der Waals surface area contributed by atoms with Gasteiger partial charge in [0, 0.05) is 22.5 Å². The van der Waals surface area contributed by atoms with Gasteiger partial charge in [0.15, 0.2) is 0 Å². The van der Waals surface area contributed by atoms with Crippen LogP contribution in [0.1, 0.15) is 18.4 Å². The second kappa shape index (κ2) is 7.45. The number of carboxylic acid groups (broad SMARTS) is 1. The normalized spacial score (nSPS) is 11.5. The summed E-state index contributed by atoms with van der Waals surface area (Å²) in [5, 5.41) is 37.6. The van der Waals surface area contributed by atoms with Crippen LogP contribution in [0.5, 0.6) is 5.75 Å². The highest BCUT2D eigenvalue weighted by Crippen LogP contribution is 2.36. The number of rotatable bonds is 6. The minimum absolute atomic E-state index is 0.0180. The molecule has 2 aromatic rings. The van der Waals surface area contributed by atoms with Crippen molar-refractivity contribution >= 4 is 45.4 Å². The zero-order chi connectivity index (χ0) is 17.9. The van der Waals surface area contributed by atoms with Gasteiger partial charge in [-0.25, -0.2) is 4.79 Å². The van der Waals surface area contributed by atoms with Crippen molar-refractivity contribution in [1.82, 2.24) is 10.2 Å². The summed E-state index contributed by atoms with van der Waals surface area (Å²) in [5.41, 5.74) is -0.576. The maximum Gasteiger partial charge on any atom is 0.342 e. The maximum atomic E-state index is 11.4. The van der Waals surface area contributed by atoms with E-state index >= 15 is 0 Å². The molecule has 1 aromatic heterocycles. The van der Waals surface area contributed by atoms with E-state index in [0.29, 0.717) is 28.5 Å². The number of nitro benzene ring substituents is 1. The molecular formula is C13H10BrN3O6S. The quantitative estimate of drug-likeness (QED) is 0.314. The molecule has 0 aliphatic rings. The second-order valence-corrected chi connectivity index (χ2v) is 6.26. The Morgan fingerprint density at radius 3 is 2.75 bits per heavy atom. The molecule has 0 unspecified atom stereocenters. The topological polar surface area (TPSA) is 140 Å². The molecule has 1 heterocycles. The first-order valence-corrected chi connectivity index (χ1v) is 8.04. The zero-order valence-electron chi connectivity index (χ0n) is 12.1. The standard InChI is InChI=1S/C13H10BrN3O6S/c1-2-10-15-16-13(23-10)24-9(12(19)20)4-6-3-7(14)5-8(11(6)18)17(21)22/h3-5,18H,2H2,1H3,(H,19,20)/b9-4-. The van der Waals surface area contributed by atoms with Crippen molar-refractivity contribution in [3.8, 4) is 5.75 Å². The number of aryl methyl sites for hydroxylation is 1. The van der Waals surface area contributed by atoms with Crippen LogP contribution >= 0.6 is 27.7 Å². The molecule has 9 nitrogen and oxygen atoms in total. The van der Waals surface area contributed by atoms with Crippen molar-refractivity contribution in [2.45, 2.75) is 18.6 Å². The average molecular weight is 416 g/mol. The number of nitrogens with zero attached hydrogens (tertiary/aromatic N) is 3. The zero-order valence-corrected chi connectivity index (χ0v) is 14.5. The van der Waals surface area contributed by atoms with E-state index < -0.39 is 22.3 Å². The van der Waals surface area contributed by atoms with Crippen LogP contribution in [0.15, 0.2) is 31.2 Å². The monoisotopic (exact) mass is 415 g/mol. The van der Waals surface area contributed by atoms with Gasteiger partial charge in [0.25, 0.3) is 5.22 Å². The van der Waals surface area contributed by atoms with Crippen molar-refractivity contribution in [1.29, 1.82) is 0 Å². The molecule has 0 saturated carbocycles. The number of thioether (sulfide) groups is 1. The molecule has 0 saturated heterocycles. The third kappa shape index (κ3) is 4.11. The second-order valence-electron chi connectivity index (χ2n) is 4.35. The number of phenols is 1. The number of nitro groups is 1. The minimum atomic E-state index is -1.31. The van der Waals surface area contributed by atoms with Gasteiger partial charge in [-0.2, -0.15) is 0 Å². The van der Waals surface area contributed by atoms with Crippen molar-refractivity contribution in [2.24, 2.45) is 0 Å². The summed E-state index contributed by atoms with van der Waals surface area (Å²) < 4.78 is 5.54. The Hall–Kier alpha value is -2.40. The predicted molar refractivity (Wildman–Crippen MR) is 87.6 cm³/mol. The van der Waals surface area contributed by atoms with Gasteiger partial charge in [0.1, 0.15) is 4.91 Å². The molecule has 126 valence electrons. The molecule has 11 heteroatoms. The highest BCUT2D eigenvalue weighted by molar-refractivity contribution is 9.10. The number of phenolic OH excluding ortho intramolecular Hbond substituents is 1. The van der Waals surface area contributed by atoms with Crippen LogP contribution in [0.25, 0.3) is 6.08 Å². The van der Waals surface area contributed by atoms with Crippen LogP contribution in [0.4, 0.5) is 5.69 Å². The molecule has 0 aliphatic heterocycles. The number of hydrogen-bond donors (Lipinski definition) is 2. The Labute approximate surface area is 147 Å². The van der Waals surface area contributed by atoms with E-state index in [9.17, 15) is 25.1 Å². The van der Waals surface area contributed by atoms with Crippen LogP contribution in [-0.4, -0.2) is 31.3 Å². The van der Waals surface area contributed by atoms with Gasteiger partial charge in [0.05, 0.1) is 4.92 Å². The summed E-state index contributed by atoms with van der Waals surface area (Å²) in [4.78, 5) is 21.3. The number of aliphatic carboxylic acids is 1. The van der Waals surface area contributed by atoms with Crippen molar-refractivity contribution < 1.29 is 24.3 Å². The smallest absolute Gasteiger partial charge is 0.342 e. The maximum absolute atomic E-state index is 11.4. The number of hydrogen-bond acceptors (Lipinski definition) is 8. The first-order chi connectivity index (χ1) is 11.3. The van der Waals surface area contributed by atoms with Gasteiger partial charge in [-0.3, -0.25) is 10.1 Å². The molecular weight excluding hydrogens is 406 g/mol. The molecule has 1 aromatic carbocycles. The Bertz CT molecular complexity index is 835. The number of halogens is 1. The molecule has 0 amide bonds. The summed E-state index contributed by atoms with van der Waals surface area (Å²) in [6.07, 6.45) is 1.59. The molecule has 2 N–H and O–H groups in total. The molecule has 24 heavy (non-hydrogen) atoms. The van der Waals surface area contributed by atoms with E-state index in [2.05, 4.69) is 26.1 Å². The summed E-state index contributed by atoms with van der Waals surface area (Å²) in [7, 11) is 0. The first-order valence-electron chi connectivity index (χ1n) is 6.44. The van der Waals surface area contributed by atoms with Crippen LogP contribution in [0.2, 0.25) is 0 Å². The fourth-order valence-corrected chi connectivity index (χ4v) is 2.79. The molecule has 2 rings (SSSR count). The van der Waals surface area contributed by atoms with Crippen LogP contribution in [-0.2, 0) is 11.2 Å². The van der Waals surface area contributed by atoms with E-state index in [-0.39, 0.29) is 15.7 Å². The van der Waals surface area contributed by atoms with Crippen molar-refractivity contribution in [3.05, 3.63) is 43.1 Å². The highest BCUT2D eigenvalue weighted by Gasteiger charge is 2.20. The molecule has 0 fully saturated rings. The van der Waals surface area contributed by atoms with Gasteiger partial charge in [-0.1, -0.05) is 22.9 Å². The molecule has 0 aliphatic carbocycles. The summed E-state index contributed by atoms with van der Waals surface area (Å²) >= 11 is 3.76. The number of benzene rings is 1. The fourth-order valence-electron chi connectivity index (χ4n) is 1.65. The predicted octanol–water partition coefficient (Wildman–Crippen LogP) is 3.23. The van der Waals surface area contributed by atoms with Crippen LogP contribution in [0.3, 0.4) is 0 Å². The SMILES string of the molecule is CCc1nnc(S/C(=C\c2cc(Br)cc([N+](=O)[O-])c2O)C(=O)O)o1. The molecule has 0 radical (unpaired) electrons. The number of carboxylic acids is 1. The lowest BCUT2D eigenvalue weighted by Crippen LogP contribution is -1.97. The Morgan fingerprint density at radius 2 is 2.21 bits per heavy atom. The number of carbonyl (C=O) groups is 1. The van der Waals surface area contributed by atoms with Crippen molar-refractivity contribution in [3.63, 3.8) is 0 Å². The Kier molecular flexibility index (Phi) is 5.57. The highest BCUT2D eigenvalue weighted by atomic mass is 79.9. The van der Waals surface area contributed by atoms with E-state index in [1.54, 1.807) is 6.92 Å². The third-order valence-electron chi connectivity index (χ3n) is 2.73. The number of aromatic nitrogens is 2. The first kappa shape index (κ1) is 17.9. The van der Waals surface area contributed by atoms with Crippen molar-refractivity contribution in [2.75, 3.05) is 0 Å². The summed E-state index contributed by atoms with van der Waals surface area (Å²) in [6.45, 7) is 1.80. The van der Waals surface area contributed by atoms with Gasteiger partial charge in [-0.05, 0) is 23.9 Å². The van der Waals surface area contributed by atoms with Gasteiger partial charge >= 0.3 is 11.7 Å². The molecule has 0 spiro atoms. The largest absolute Gasteiger partial charge is 0.502 e. The lowest BCUT2D eigenvalue weighted by molar-refractivity contribution is -0.385. The van der Waals surface area contributed by atoms with Crippen LogP contribution < -0.4 is 0 Å². The molecule has 0 bridgehead atoms. The Morgan fingerprint density at radius 1 is 1.50 bits per heavy atom. The fraction of sp³-hybridized carbons (Fsp3) is 0.154. The lowest BCUT2D eigenvalue weighted by Gasteiger charge is -2.04. The van der Waals surface area contributed by atoms with Crippen LogP contribution in [0, 0.1) is 10.1 Å². The molecule has 0 atom stereocenters. The number of aromatic hydroxyl groups is 1. The van der Waals surface area contributed by atoms with Gasteiger partial charge in [-0.15, -0.1) is 10.2 Å². The summed E-state index contributed by atoms with van der Waals surface area (Å²) in [5.74, 6) is -1.59. The average Bonchev–Trinajstić information content (AvgIpc) is 2.97.